The minimum atomic E-state index is -0.819. The first kappa shape index (κ1) is 13.4. The zero-order chi connectivity index (χ0) is 15.3. The van der Waals surface area contributed by atoms with Gasteiger partial charge in [-0.1, -0.05) is 13.3 Å². The summed E-state index contributed by atoms with van der Waals surface area (Å²) in [5.74, 6) is 1.77. The molecule has 1 aromatic carbocycles. The van der Waals surface area contributed by atoms with Crippen molar-refractivity contribution in [2.45, 2.75) is 44.6 Å². The van der Waals surface area contributed by atoms with E-state index in [-0.39, 0.29) is 6.79 Å². The second-order valence-corrected chi connectivity index (χ2v) is 5.92. The van der Waals surface area contributed by atoms with Crippen LogP contribution in [0.2, 0.25) is 0 Å². The van der Waals surface area contributed by atoms with E-state index in [1.165, 1.54) is 6.42 Å². The molecule has 1 fully saturated rings. The molecule has 2 heterocycles. The number of aromatic nitrogens is 2. The Bertz CT molecular complexity index is 748. The monoisotopic (exact) mass is 302 g/mol. The van der Waals surface area contributed by atoms with Gasteiger partial charge < -0.3 is 19.1 Å². The van der Waals surface area contributed by atoms with Gasteiger partial charge >= 0.3 is 5.97 Å². The number of benzene rings is 1. The molecule has 2 aromatic rings. The van der Waals surface area contributed by atoms with E-state index in [0.29, 0.717) is 23.8 Å². The molecule has 116 valence electrons. The summed E-state index contributed by atoms with van der Waals surface area (Å²) in [4.78, 5) is 16.4. The number of ether oxygens (including phenoxy) is 2. The standard InChI is InChI=1S/C16H18N2O4/c1-2-11(16(19)20)18-12-7-14-13(21-8-22-14)6-10(12)17-15(18)9-4-3-5-9/h6-7,9,11H,2-5,8H2,1H3,(H,19,20). The Morgan fingerprint density at radius 2 is 2.14 bits per heavy atom. The molecule has 0 amide bonds. The van der Waals surface area contributed by atoms with Crippen LogP contribution in [0.3, 0.4) is 0 Å². The van der Waals surface area contributed by atoms with Gasteiger partial charge in [0, 0.05) is 18.1 Å². The second-order valence-electron chi connectivity index (χ2n) is 5.92. The van der Waals surface area contributed by atoms with Crippen molar-refractivity contribution < 1.29 is 19.4 Å². The fourth-order valence-corrected chi connectivity index (χ4v) is 3.25. The molecule has 6 heteroatoms. The quantitative estimate of drug-likeness (QED) is 0.939. The molecule has 6 nitrogen and oxygen atoms in total. The van der Waals surface area contributed by atoms with Gasteiger partial charge in [-0.25, -0.2) is 9.78 Å². The first-order valence-corrected chi connectivity index (χ1v) is 7.73. The number of carbonyl (C=O) groups is 1. The van der Waals surface area contributed by atoms with Crippen molar-refractivity contribution in [3.05, 3.63) is 18.0 Å². The molecule has 1 saturated carbocycles. The van der Waals surface area contributed by atoms with Gasteiger partial charge in [-0.3, -0.25) is 0 Å². The van der Waals surface area contributed by atoms with Crippen molar-refractivity contribution in [1.82, 2.24) is 9.55 Å². The van der Waals surface area contributed by atoms with E-state index in [1.54, 1.807) is 0 Å². The minimum absolute atomic E-state index is 0.202. The summed E-state index contributed by atoms with van der Waals surface area (Å²) in [5, 5.41) is 9.59. The van der Waals surface area contributed by atoms with Crippen LogP contribution in [-0.4, -0.2) is 27.4 Å². The van der Waals surface area contributed by atoms with Crippen LogP contribution in [0.15, 0.2) is 12.1 Å². The van der Waals surface area contributed by atoms with Crippen LogP contribution in [0.4, 0.5) is 0 Å². The summed E-state index contributed by atoms with van der Waals surface area (Å²) >= 11 is 0. The summed E-state index contributed by atoms with van der Waals surface area (Å²) in [7, 11) is 0. The van der Waals surface area contributed by atoms with Gasteiger partial charge in [0.05, 0.1) is 11.0 Å². The number of nitrogens with zero attached hydrogens (tertiary/aromatic N) is 2. The molecule has 0 saturated heterocycles. The fraction of sp³-hybridized carbons (Fsp3) is 0.500. The van der Waals surface area contributed by atoms with Crippen molar-refractivity contribution in [3.8, 4) is 11.5 Å². The molecular formula is C16H18N2O4. The van der Waals surface area contributed by atoms with Crippen molar-refractivity contribution in [2.24, 2.45) is 0 Å². The van der Waals surface area contributed by atoms with Crippen LogP contribution in [0.1, 0.15) is 50.4 Å². The lowest BCUT2D eigenvalue weighted by Crippen LogP contribution is -2.23. The van der Waals surface area contributed by atoms with E-state index in [2.05, 4.69) is 0 Å². The molecule has 1 N–H and O–H groups in total. The van der Waals surface area contributed by atoms with Gasteiger partial charge in [0.15, 0.2) is 11.5 Å². The SMILES string of the molecule is CCC(C(=O)O)n1c(C2CCC2)nc2cc3c(cc21)OCO3. The van der Waals surface area contributed by atoms with Gasteiger partial charge in [0.1, 0.15) is 11.9 Å². The Balaban J connectivity index is 1.94. The molecule has 1 aliphatic heterocycles. The highest BCUT2D eigenvalue weighted by atomic mass is 16.7. The van der Waals surface area contributed by atoms with Gasteiger partial charge in [-0.2, -0.15) is 0 Å². The van der Waals surface area contributed by atoms with Crippen LogP contribution in [0.25, 0.3) is 11.0 Å². The first-order chi connectivity index (χ1) is 10.7. The Hall–Kier alpha value is -2.24. The third kappa shape index (κ3) is 1.86. The lowest BCUT2D eigenvalue weighted by Gasteiger charge is -2.27. The van der Waals surface area contributed by atoms with Gasteiger partial charge in [-0.05, 0) is 19.3 Å². The van der Waals surface area contributed by atoms with E-state index in [4.69, 9.17) is 14.5 Å². The Labute approximate surface area is 127 Å². The molecule has 22 heavy (non-hydrogen) atoms. The van der Waals surface area contributed by atoms with Gasteiger partial charge in [-0.15, -0.1) is 0 Å². The predicted molar refractivity (Wildman–Crippen MR) is 79.4 cm³/mol. The van der Waals surface area contributed by atoms with Crippen LogP contribution in [0.5, 0.6) is 11.5 Å². The largest absolute Gasteiger partial charge is 0.480 e. The molecule has 1 aliphatic carbocycles. The highest BCUT2D eigenvalue weighted by Gasteiger charge is 2.31. The number of hydrogen-bond donors (Lipinski definition) is 1. The maximum absolute atomic E-state index is 11.7. The number of hydrogen-bond acceptors (Lipinski definition) is 4. The topological polar surface area (TPSA) is 73.6 Å². The number of aliphatic carboxylic acids is 1. The summed E-state index contributed by atoms with van der Waals surface area (Å²) in [6.45, 7) is 2.09. The van der Waals surface area contributed by atoms with Crippen molar-refractivity contribution >= 4 is 17.0 Å². The molecule has 2 aliphatic rings. The average molecular weight is 302 g/mol. The summed E-state index contributed by atoms with van der Waals surface area (Å²) < 4.78 is 12.7. The number of imidazole rings is 1. The average Bonchev–Trinajstić information content (AvgIpc) is 3.00. The number of carboxylic acid groups (broad SMARTS) is 1. The summed E-state index contributed by atoms with van der Waals surface area (Å²) in [6.07, 6.45) is 3.85. The van der Waals surface area contributed by atoms with Gasteiger partial charge in [0.2, 0.25) is 6.79 Å². The fourth-order valence-electron chi connectivity index (χ4n) is 3.25. The van der Waals surface area contributed by atoms with Crippen molar-refractivity contribution in [1.29, 1.82) is 0 Å². The number of rotatable bonds is 4. The third-order valence-corrected chi connectivity index (χ3v) is 4.66. The number of carboxylic acids is 1. The molecule has 1 atom stereocenters. The van der Waals surface area contributed by atoms with Crippen LogP contribution in [0, 0.1) is 0 Å². The zero-order valence-electron chi connectivity index (χ0n) is 12.4. The second kappa shape index (κ2) is 4.90. The third-order valence-electron chi connectivity index (χ3n) is 4.66. The van der Waals surface area contributed by atoms with E-state index in [0.717, 1.165) is 29.7 Å². The molecule has 1 unspecified atom stereocenters. The van der Waals surface area contributed by atoms with Crippen LogP contribution < -0.4 is 9.47 Å². The lowest BCUT2D eigenvalue weighted by molar-refractivity contribution is -0.141. The summed E-state index contributed by atoms with van der Waals surface area (Å²) in [5.41, 5.74) is 1.60. The summed E-state index contributed by atoms with van der Waals surface area (Å²) in [6, 6.07) is 3.12. The Kier molecular flexibility index (Phi) is 2.99. The maximum atomic E-state index is 11.7. The van der Waals surface area contributed by atoms with Crippen molar-refractivity contribution in [3.63, 3.8) is 0 Å². The van der Waals surface area contributed by atoms with Crippen molar-refractivity contribution in [2.75, 3.05) is 6.79 Å². The lowest BCUT2D eigenvalue weighted by atomic mass is 9.84. The van der Waals surface area contributed by atoms with E-state index in [1.807, 2.05) is 23.6 Å². The van der Waals surface area contributed by atoms with E-state index < -0.39 is 12.0 Å². The predicted octanol–water partition coefficient (Wildman–Crippen LogP) is 3.07. The van der Waals surface area contributed by atoms with Crippen LogP contribution >= 0.6 is 0 Å². The van der Waals surface area contributed by atoms with Crippen LogP contribution in [-0.2, 0) is 4.79 Å². The normalized spacial score (nSPS) is 18.4. The molecule has 0 spiro atoms. The molecule has 0 radical (unpaired) electrons. The minimum Gasteiger partial charge on any atom is -0.480 e. The highest BCUT2D eigenvalue weighted by molar-refractivity contribution is 5.84. The maximum Gasteiger partial charge on any atom is 0.326 e. The number of fused-ring (bicyclic) bond motifs is 2. The van der Waals surface area contributed by atoms with Gasteiger partial charge in [0.25, 0.3) is 0 Å². The Morgan fingerprint density at radius 1 is 1.41 bits per heavy atom. The zero-order valence-corrected chi connectivity index (χ0v) is 12.4. The molecule has 1 aromatic heterocycles. The smallest absolute Gasteiger partial charge is 0.326 e. The molecule has 0 bridgehead atoms. The highest BCUT2D eigenvalue weighted by Crippen LogP contribution is 2.42. The van der Waals surface area contributed by atoms with E-state index >= 15 is 0 Å². The molecule has 4 rings (SSSR count). The van der Waals surface area contributed by atoms with E-state index in [9.17, 15) is 9.90 Å². The first-order valence-electron chi connectivity index (χ1n) is 7.73. The Morgan fingerprint density at radius 3 is 2.73 bits per heavy atom. The molecular weight excluding hydrogens is 284 g/mol.